The minimum atomic E-state index is -0.223. The minimum absolute atomic E-state index is 0.0121. The van der Waals surface area contributed by atoms with E-state index in [0.717, 1.165) is 11.3 Å². The standard InChI is InChI=1S/C14H14N2O4/c1-18-9-5-3-8(4-6-9)12-15-13(20-16-12)10-7-11(10)14(17)19-2/h3-6,10-11H,7H2,1-2H3/t10-,11+/m1/s1. The van der Waals surface area contributed by atoms with E-state index in [2.05, 4.69) is 10.1 Å². The third-order valence-corrected chi connectivity index (χ3v) is 3.40. The number of benzene rings is 1. The molecule has 1 aliphatic rings. The number of ether oxygens (including phenoxy) is 2. The van der Waals surface area contributed by atoms with Crippen molar-refractivity contribution in [3.63, 3.8) is 0 Å². The molecule has 0 saturated heterocycles. The highest BCUT2D eigenvalue weighted by Crippen LogP contribution is 2.47. The van der Waals surface area contributed by atoms with Crippen molar-refractivity contribution in [2.45, 2.75) is 12.3 Å². The van der Waals surface area contributed by atoms with E-state index in [4.69, 9.17) is 14.0 Å². The summed E-state index contributed by atoms with van der Waals surface area (Å²) in [6, 6.07) is 7.38. The van der Waals surface area contributed by atoms with Crippen molar-refractivity contribution in [2.75, 3.05) is 14.2 Å². The summed E-state index contributed by atoms with van der Waals surface area (Å²) < 4.78 is 15.0. The molecule has 0 amide bonds. The molecule has 1 aliphatic carbocycles. The average Bonchev–Trinajstić information content (AvgIpc) is 3.15. The van der Waals surface area contributed by atoms with Gasteiger partial charge in [0.25, 0.3) is 0 Å². The summed E-state index contributed by atoms with van der Waals surface area (Å²) in [4.78, 5) is 15.7. The van der Waals surface area contributed by atoms with Crippen LogP contribution < -0.4 is 4.74 Å². The van der Waals surface area contributed by atoms with Crippen LogP contribution in [0.2, 0.25) is 0 Å². The van der Waals surface area contributed by atoms with Crippen LogP contribution in [0.4, 0.5) is 0 Å². The average molecular weight is 274 g/mol. The molecule has 0 radical (unpaired) electrons. The Kier molecular flexibility index (Phi) is 3.14. The Morgan fingerprint density at radius 3 is 2.70 bits per heavy atom. The third-order valence-electron chi connectivity index (χ3n) is 3.40. The Morgan fingerprint density at radius 2 is 2.05 bits per heavy atom. The topological polar surface area (TPSA) is 74.5 Å². The fraction of sp³-hybridized carbons (Fsp3) is 0.357. The summed E-state index contributed by atoms with van der Waals surface area (Å²) in [7, 11) is 3.00. The number of rotatable bonds is 4. The number of carbonyl (C=O) groups is 1. The predicted octanol–water partition coefficient (Wildman–Crippen LogP) is 2.02. The molecule has 2 aromatic rings. The molecule has 0 N–H and O–H groups in total. The van der Waals surface area contributed by atoms with Gasteiger partial charge in [-0.2, -0.15) is 4.98 Å². The maximum atomic E-state index is 11.4. The van der Waals surface area contributed by atoms with Crippen LogP contribution in [0.15, 0.2) is 28.8 Å². The van der Waals surface area contributed by atoms with Crippen LogP contribution in [0.5, 0.6) is 5.75 Å². The molecule has 20 heavy (non-hydrogen) atoms. The lowest BCUT2D eigenvalue weighted by atomic mass is 10.2. The van der Waals surface area contributed by atoms with Crippen LogP contribution in [0.1, 0.15) is 18.2 Å². The van der Waals surface area contributed by atoms with Gasteiger partial charge in [-0.05, 0) is 30.7 Å². The van der Waals surface area contributed by atoms with Crippen molar-refractivity contribution in [2.24, 2.45) is 5.92 Å². The third kappa shape index (κ3) is 2.24. The van der Waals surface area contributed by atoms with Gasteiger partial charge in [-0.25, -0.2) is 0 Å². The van der Waals surface area contributed by atoms with Crippen LogP contribution in [-0.4, -0.2) is 30.3 Å². The monoisotopic (exact) mass is 274 g/mol. The summed E-state index contributed by atoms with van der Waals surface area (Å²) in [6.07, 6.45) is 0.705. The number of methoxy groups -OCH3 is 2. The zero-order valence-corrected chi connectivity index (χ0v) is 11.2. The van der Waals surface area contributed by atoms with Crippen molar-refractivity contribution in [3.8, 4) is 17.1 Å². The van der Waals surface area contributed by atoms with E-state index in [-0.39, 0.29) is 17.8 Å². The largest absolute Gasteiger partial charge is 0.497 e. The number of carbonyl (C=O) groups excluding carboxylic acids is 1. The van der Waals surface area contributed by atoms with E-state index in [1.165, 1.54) is 7.11 Å². The van der Waals surface area contributed by atoms with Crippen LogP contribution in [0.25, 0.3) is 11.4 Å². The molecule has 2 atom stereocenters. The molecule has 1 aromatic carbocycles. The van der Waals surface area contributed by atoms with Gasteiger partial charge in [-0.15, -0.1) is 0 Å². The Hall–Kier alpha value is -2.37. The highest BCUT2D eigenvalue weighted by Gasteiger charge is 2.48. The second-order valence-electron chi connectivity index (χ2n) is 4.66. The van der Waals surface area contributed by atoms with Gasteiger partial charge < -0.3 is 14.0 Å². The molecule has 3 rings (SSSR count). The Balaban J connectivity index is 1.75. The summed E-state index contributed by atoms with van der Waals surface area (Å²) in [5.41, 5.74) is 0.844. The SMILES string of the molecule is COC(=O)[C@H]1C[C@H]1c1nc(-c2ccc(OC)cc2)no1. The minimum Gasteiger partial charge on any atom is -0.497 e. The number of esters is 1. The molecule has 0 bridgehead atoms. The van der Waals surface area contributed by atoms with Crippen LogP contribution >= 0.6 is 0 Å². The van der Waals surface area contributed by atoms with Gasteiger partial charge in [0.05, 0.1) is 26.1 Å². The number of hydrogen-bond acceptors (Lipinski definition) is 6. The van der Waals surface area contributed by atoms with Gasteiger partial charge in [0.1, 0.15) is 5.75 Å². The van der Waals surface area contributed by atoms with Gasteiger partial charge in [0, 0.05) is 5.56 Å². The second-order valence-corrected chi connectivity index (χ2v) is 4.66. The quantitative estimate of drug-likeness (QED) is 0.794. The van der Waals surface area contributed by atoms with Gasteiger partial charge >= 0.3 is 5.97 Å². The van der Waals surface area contributed by atoms with Gasteiger partial charge in [0.2, 0.25) is 11.7 Å². The van der Waals surface area contributed by atoms with Crippen molar-refractivity contribution in [1.82, 2.24) is 10.1 Å². The van der Waals surface area contributed by atoms with Gasteiger partial charge in [0.15, 0.2) is 0 Å². The first-order chi connectivity index (χ1) is 9.72. The fourth-order valence-corrected chi connectivity index (χ4v) is 2.12. The molecule has 104 valence electrons. The van der Waals surface area contributed by atoms with Crippen molar-refractivity contribution >= 4 is 5.97 Å². The maximum Gasteiger partial charge on any atom is 0.309 e. The van der Waals surface area contributed by atoms with Gasteiger partial charge in [-0.3, -0.25) is 4.79 Å². The molecule has 0 spiro atoms. The summed E-state index contributed by atoms with van der Waals surface area (Å²) in [6.45, 7) is 0. The zero-order valence-electron chi connectivity index (χ0n) is 11.2. The molecular weight excluding hydrogens is 260 g/mol. The van der Waals surface area contributed by atoms with Crippen LogP contribution in [-0.2, 0) is 9.53 Å². The van der Waals surface area contributed by atoms with E-state index < -0.39 is 0 Å². The smallest absolute Gasteiger partial charge is 0.309 e. The summed E-state index contributed by atoms with van der Waals surface area (Å²) in [5, 5.41) is 3.94. The number of nitrogens with zero attached hydrogens (tertiary/aromatic N) is 2. The molecule has 1 fully saturated rings. The first kappa shape index (κ1) is 12.7. The number of aromatic nitrogens is 2. The molecule has 1 heterocycles. The van der Waals surface area contributed by atoms with Crippen molar-refractivity contribution < 1.29 is 18.8 Å². The normalized spacial score (nSPS) is 20.5. The zero-order chi connectivity index (χ0) is 14.1. The lowest BCUT2D eigenvalue weighted by Crippen LogP contribution is -2.03. The highest BCUT2D eigenvalue weighted by molar-refractivity contribution is 5.76. The Bertz CT molecular complexity index is 620. The van der Waals surface area contributed by atoms with E-state index >= 15 is 0 Å². The summed E-state index contributed by atoms with van der Waals surface area (Å²) >= 11 is 0. The van der Waals surface area contributed by atoms with Crippen molar-refractivity contribution in [3.05, 3.63) is 30.2 Å². The summed E-state index contributed by atoms with van der Waals surface area (Å²) in [5.74, 6) is 1.39. The molecule has 6 nitrogen and oxygen atoms in total. The molecule has 1 aromatic heterocycles. The molecule has 1 saturated carbocycles. The lowest BCUT2D eigenvalue weighted by molar-refractivity contribution is -0.142. The first-order valence-corrected chi connectivity index (χ1v) is 6.28. The first-order valence-electron chi connectivity index (χ1n) is 6.28. The van der Waals surface area contributed by atoms with E-state index in [0.29, 0.717) is 18.1 Å². The Morgan fingerprint density at radius 1 is 1.30 bits per heavy atom. The fourth-order valence-electron chi connectivity index (χ4n) is 2.12. The van der Waals surface area contributed by atoms with Gasteiger partial charge in [-0.1, -0.05) is 5.16 Å². The number of hydrogen-bond donors (Lipinski definition) is 0. The second kappa shape index (κ2) is 4.96. The molecule has 0 unspecified atom stereocenters. The lowest BCUT2D eigenvalue weighted by Gasteiger charge is -1.98. The van der Waals surface area contributed by atoms with E-state index in [1.807, 2.05) is 24.3 Å². The van der Waals surface area contributed by atoms with E-state index in [9.17, 15) is 4.79 Å². The Labute approximate surface area is 115 Å². The predicted molar refractivity (Wildman–Crippen MR) is 69.2 cm³/mol. The molecular formula is C14H14N2O4. The molecule has 0 aliphatic heterocycles. The maximum absolute atomic E-state index is 11.4. The van der Waals surface area contributed by atoms with E-state index in [1.54, 1.807) is 7.11 Å². The van der Waals surface area contributed by atoms with Crippen LogP contribution in [0, 0.1) is 5.92 Å². The van der Waals surface area contributed by atoms with Crippen molar-refractivity contribution in [1.29, 1.82) is 0 Å². The highest BCUT2D eigenvalue weighted by atomic mass is 16.5. The molecule has 6 heteroatoms. The van der Waals surface area contributed by atoms with Crippen LogP contribution in [0.3, 0.4) is 0 Å².